The van der Waals surface area contributed by atoms with Crippen LogP contribution in [-0.2, 0) is 9.53 Å². The second-order valence-electron chi connectivity index (χ2n) is 6.23. The number of alkyl carbamates (subject to hydrolysis) is 1. The zero-order valence-electron chi connectivity index (χ0n) is 14.6. The predicted octanol–water partition coefficient (Wildman–Crippen LogP) is 3.68. The smallest absolute Gasteiger partial charge is 0.407 e. The van der Waals surface area contributed by atoms with Gasteiger partial charge in [0.05, 0.1) is 6.04 Å². The molecule has 1 aliphatic rings. The number of fused-ring (bicyclic) bond motifs is 3. The van der Waals surface area contributed by atoms with E-state index >= 15 is 0 Å². The minimum atomic E-state index is -1.36. The first kappa shape index (κ1) is 18.3. The number of aliphatic carboxylic acids is 1. The topological polar surface area (TPSA) is 124 Å². The van der Waals surface area contributed by atoms with Crippen LogP contribution >= 0.6 is 0 Å². The molecule has 3 rings (SSSR count). The first-order valence-electron chi connectivity index (χ1n) is 8.41. The molecule has 2 aromatic rings. The van der Waals surface area contributed by atoms with Gasteiger partial charge in [-0.3, -0.25) is 0 Å². The molecule has 8 heteroatoms. The van der Waals surface area contributed by atoms with Crippen molar-refractivity contribution in [3.05, 3.63) is 70.1 Å². The number of rotatable bonds is 6. The number of hydrogen-bond acceptors (Lipinski definition) is 4. The molecule has 0 aliphatic heterocycles. The molecule has 0 aromatic heterocycles. The highest BCUT2D eigenvalue weighted by molar-refractivity contribution is 5.81. The normalized spacial score (nSPS) is 14.3. The maximum Gasteiger partial charge on any atom is 0.407 e. The SMILES string of the molecule is C[C@@H](N=[N+]=[N-])[C@H](NC(=O)OCC1c2ccccc2-c2ccccc21)C(=O)O. The third kappa shape index (κ3) is 3.70. The van der Waals surface area contributed by atoms with Crippen LogP contribution in [0, 0.1) is 0 Å². The van der Waals surface area contributed by atoms with Crippen LogP contribution in [0.5, 0.6) is 0 Å². The number of carbonyl (C=O) groups is 2. The maximum atomic E-state index is 12.1. The number of hydrogen-bond donors (Lipinski definition) is 2. The van der Waals surface area contributed by atoms with E-state index in [1.807, 2.05) is 48.5 Å². The van der Waals surface area contributed by atoms with E-state index in [0.717, 1.165) is 22.3 Å². The van der Waals surface area contributed by atoms with Gasteiger partial charge < -0.3 is 15.2 Å². The Morgan fingerprint density at radius 3 is 2.26 bits per heavy atom. The molecular formula is C19H18N4O4. The average Bonchev–Trinajstić information content (AvgIpc) is 2.98. The molecule has 0 heterocycles. The second kappa shape index (κ2) is 7.80. The molecule has 138 valence electrons. The second-order valence-corrected chi connectivity index (χ2v) is 6.23. The molecule has 1 aliphatic carbocycles. The van der Waals surface area contributed by atoms with Crippen molar-refractivity contribution in [2.24, 2.45) is 5.11 Å². The molecule has 2 atom stereocenters. The molecule has 2 aromatic carbocycles. The lowest BCUT2D eigenvalue weighted by Crippen LogP contribution is -2.47. The van der Waals surface area contributed by atoms with Gasteiger partial charge >= 0.3 is 12.1 Å². The lowest BCUT2D eigenvalue weighted by molar-refractivity contribution is -0.139. The van der Waals surface area contributed by atoms with Crippen LogP contribution in [0.15, 0.2) is 53.6 Å². The summed E-state index contributed by atoms with van der Waals surface area (Å²) < 4.78 is 5.30. The van der Waals surface area contributed by atoms with Crippen molar-refractivity contribution >= 4 is 12.1 Å². The van der Waals surface area contributed by atoms with Gasteiger partial charge in [-0.1, -0.05) is 60.6 Å². The number of nitrogens with zero attached hydrogens (tertiary/aromatic N) is 3. The van der Waals surface area contributed by atoms with E-state index in [4.69, 9.17) is 10.3 Å². The summed E-state index contributed by atoms with van der Waals surface area (Å²) in [5.41, 5.74) is 12.8. The van der Waals surface area contributed by atoms with Crippen molar-refractivity contribution in [3.8, 4) is 11.1 Å². The standard InChI is InChI=1S/C19H18N4O4/c1-11(22-23-20)17(18(24)25)21-19(26)27-10-16-14-8-4-2-6-12(14)13-7-3-5-9-15(13)16/h2-9,11,16-17H,10H2,1H3,(H,21,26)(H,24,25)/t11-,17+/m1/s1. The van der Waals surface area contributed by atoms with Crippen LogP contribution in [0.1, 0.15) is 24.0 Å². The first-order valence-corrected chi connectivity index (χ1v) is 8.41. The predicted molar refractivity (Wildman–Crippen MR) is 98.2 cm³/mol. The number of carbonyl (C=O) groups excluding carboxylic acids is 1. The molecular weight excluding hydrogens is 348 g/mol. The average molecular weight is 366 g/mol. The largest absolute Gasteiger partial charge is 0.480 e. The summed E-state index contributed by atoms with van der Waals surface area (Å²) >= 11 is 0. The summed E-state index contributed by atoms with van der Waals surface area (Å²) in [5.74, 6) is -1.43. The van der Waals surface area contributed by atoms with Crippen LogP contribution in [0.2, 0.25) is 0 Å². The molecule has 0 spiro atoms. The van der Waals surface area contributed by atoms with Gasteiger partial charge in [-0.15, -0.1) is 0 Å². The third-order valence-electron chi connectivity index (χ3n) is 4.60. The van der Waals surface area contributed by atoms with E-state index in [0.29, 0.717) is 0 Å². The van der Waals surface area contributed by atoms with Gasteiger partial charge in [0.2, 0.25) is 0 Å². The summed E-state index contributed by atoms with van der Waals surface area (Å²) in [6.45, 7) is 1.48. The van der Waals surface area contributed by atoms with Crippen molar-refractivity contribution < 1.29 is 19.4 Å². The quantitative estimate of drug-likeness (QED) is 0.459. The van der Waals surface area contributed by atoms with Gasteiger partial charge in [0.1, 0.15) is 12.6 Å². The molecule has 0 unspecified atom stereocenters. The van der Waals surface area contributed by atoms with Crippen LogP contribution < -0.4 is 5.32 Å². The zero-order chi connectivity index (χ0) is 19.4. The van der Waals surface area contributed by atoms with E-state index in [1.165, 1.54) is 6.92 Å². The van der Waals surface area contributed by atoms with Crippen LogP contribution in [0.3, 0.4) is 0 Å². The fraction of sp³-hybridized carbons (Fsp3) is 0.263. The van der Waals surface area contributed by atoms with Crippen molar-refractivity contribution in [2.45, 2.75) is 24.9 Å². The summed E-state index contributed by atoms with van der Waals surface area (Å²) in [6.07, 6.45) is -0.871. The number of carboxylic acids is 1. The molecule has 0 radical (unpaired) electrons. The Hall–Kier alpha value is -3.51. The fourth-order valence-electron chi connectivity index (χ4n) is 3.30. The number of amides is 1. The van der Waals surface area contributed by atoms with Crippen molar-refractivity contribution in [3.63, 3.8) is 0 Å². The minimum absolute atomic E-state index is 0.0715. The van der Waals surface area contributed by atoms with E-state index in [1.54, 1.807) is 0 Å². The van der Waals surface area contributed by atoms with E-state index in [2.05, 4.69) is 15.3 Å². The van der Waals surface area contributed by atoms with Gasteiger partial charge in [0.25, 0.3) is 0 Å². The Morgan fingerprint density at radius 1 is 1.19 bits per heavy atom. The van der Waals surface area contributed by atoms with Crippen molar-refractivity contribution in [1.29, 1.82) is 0 Å². The summed E-state index contributed by atoms with van der Waals surface area (Å²) in [5, 5.41) is 14.8. The number of benzene rings is 2. The van der Waals surface area contributed by atoms with Crippen LogP contribution in [-0.4, -0.2) is 35.9 Å². The third-order valence-corrected chi connectivity index (χ3v) is 4.60. The molecule has 8 nitrogen and oxygen atoms in total. The number of nitrogens with one attached hydrogen (secondary N) is 1. The van der Waals surface area contributed by atoms with E-state index in [-0.39, 0.29) is 12.5 Å². The summed E-state index contributed by atoms with van der Waals surface area (Å²) in [7, 11) is 0. The fourth-order valence-corrected chi connectivity index (χ4v) is 3.30. The Balaban J connectivity index is 1.72. The molecule has 27 heavy (non-hydrogen) atoms. The summed E-state index contributed by atoms with van der Waals surface area (Å²) in [4.78, 5) is 26.0. The van der Waals surface area contributed by atoms with Gasteiger partial charge in [0, 0.05) is 10.8 Å². The lowest BCUT2D eigenvalue weighted by Gasteiger charge is -2.19. The van der Waals surface area contributed by atoms with Crippen molar-refractivity contribution in [2.75, 3.05) is 6.61 Å². The van der Waals surface area contributed by atoms with Gasteiger partial charge in [0.15, 0.2) is 0 Å². The van der Waals surface area contributed by atoms with Gasteiger partial charge in [-0.05, 0) is 27.8 Å². The molecule has 2 N–H and O–H groups in total. The Bertz CT molecular complexity index is 878. The highest BCUT2D eigenvalue weighted by Crippen LogP contribution is 2.44. The minimum Gasteiger partial charge on any atom is -0.480 e. The lowest BCUT2D eigenvalue weighted by atomic mass is 9.98. The van der Waals surface area contributed by atoms with Crippen LogP contribution in [0.4, 0.5) is 4.79 Å². The highest BCUT2D eigenvalue weighted by atomic mass is 16.5. The Morgan fingerprint density at radius 2 is 1.74 bits per heavy atom. The van der Waals surface area contributed by atoms with Crippen LogP contribution in [0.25, 0.3) is 21.6 Å². The van der Waals surface area contributed by atoms with Gasteiger partial charge in [-0.25, -0.2) is 9.59 Å². The number of azide groups is 1. The monoisotopic (exact) mass is 366 g/mol. The molecule has 0 fully saturated rings. The van der Waals surface area contributed by atoms with E-state index in [9.17, 15) is 14.7 Å². The summed E-state index contributed by atoms with van der Waals surface area (Å²) in [6, 6.07) is 13.5. The van der Waals surface area contributed by atoms with Crippen molar-refractivity contribution in [1.82, 2.24) is 5.32 Å². The highest BCUT2D eigenvalue weighted by Gasteiger charge is 2.30. The molecule has 0 saturated carbocycles. The number of carboxylic acid groups (broad SMARTS) is 1. The Kier molecular flexibility index (Phi) is 5.28. The molecule has 0 bridgehead atoms. The van der Waals surface area contributed by atoms with E-state index < -0.39 is 24.1 Å². The first-order chi connectivity index (χ1) is 13.0. The number of ether oxygens (including phenoxy) is 1. The molecule has 1 amide bonds. The Labute approximate surface area is 155 Å². The maximum absolute atomic E-state index is 12.1. The van der Waals surface area contributed by atoms with Gasteiger partial charge in [-0.2, -0.15) is 0 Å². The molecule has 0 saturated heterocycles. The zero-order valence-corrected chi connectivity index (χ0v) is 14.6.